The fourth-order valence-corrected chi connectivity index (χ4v) is 3.01. The summed E-state index contributed by atoms with van der Waals surface area (Å²) in [6.45, 7) is 11.0. The highest BCUT2D eigenvalue weighted by molar-refractivity contribution is 5.13. The van der Waals surface area contributed by atoms with E-state index >= 15 is 0 Å². The zero-order chi connectivity index (χ0) is 13.8. The van der Waals surface area contributed by atoms with Gasteiger partial charge in [-0.2, -0.15) is 0 Å². The van der Waals surface area contributed by atoms with Gasteiger partial charge in [0.2, 0.25) is 0 Å². The molecule has 0 N–H and O–H groups in total. The van der Waals surface area contributed by atoms with Crippen molar-refractivity contribution in [1.29, 1.82) is 0 Å². The molecular formula is C17H27NO. The maximum atomic E-state index is 6.11. The molecule has 0 bridgehead atoms. The first-order valence-corrected chi connectivity index (χ1v) is 7.49. The van der Waals surface area contributed by atoms with Gasteiger partial charge in [-0.15, -0.1) is 0 Å². The Morgan fingerprint density at radius 3 is 2.37 bits per heavy atom. The van der Waals surface area contributed by atoms with Gasteiger partial charge in [0.25, 0.3) is 0 Å². The summed E-state index contributed by atoms with van der Waals surface area (Å²) in [6, 6.07) is 11.7. The van der Waals surface area contributed by atoms with Gasteiger partial charge in [-0.05, 0) is 31.7 Å². The van der Waals surface area contributed by atoms with E-state index in [0.29, 0.717) is 24.1 Å². The Morgan fingerprint density at radius 1 is 1.16 bits per heavy atom. The zero-order valence-electron chi connectivity index (χ0n) is 12.7. The van der Waals surface area contributed by atoms with E-state index in [1.165, 1.54) is 12.0 Å². The predicted molar refractivity (Wildman–Crippen MR) is 80.1 cm³/mol. The van der Waals surface area contributed by atoms with Gasteiger partial charge in [0.1, 0.15) is 0 Å². The molecule has 1 aliphatic rings. The largest absolute Gasteiger partial charge is 0.372 e. The topological polar surface area (TPSA) is 12.5 Å². The van der Waals surface area contributed by atoms with Gasteiger partial charge >= 0.3 is 0 Å². The Labute approximate surface area is 117 Å². The summed E-state index contributed by atoms with van der Waals surface area (Å²) in [6.07, 6.45) is 1.55. The summed E-state index contributed by atoms with van der Waals surface area (Å²) in [4.78, 5) is 2.60. The van der Waals surface area contributed by atoms with Crippen LogP contribution in [0.5, 0.6) is 0 Å². The second kappa shape index (κ2) is 6.53. The van der Waals surface area contributed by atoms with Crippen LogP contribution in [0.25, 0.3) is 0 Å². The summed E-state index contributed by atoms with van der Waals surface area (Å²) in [5.74, 6) is 0.702. The van der Waals surface area contributed by atoms with Gasteiger partial charge in [-0.3, -0.25) is 4.90 Å². The van der Waals surface area contributed by atoms with E-state index in [1.54, 1.807) is 0 Å². The van der Waals surface area contributed by atoms with Crippen LogP contribution >= 0.6 is 0 Å². The molecule has 0 saturated carbocycles. The Bertz CT molecular complexity index is 358. The molecule has 106 valence electrons. The summed E-state index contributed by atoms with van der Waals surface area (Å²) < 4.78 is 6.11. The normalized spacial score (nSPS) is 24.5. The smallest absolute Gasteiger partial charge is 0.0721 e. The average Bonchev–Trinajstić information content (AvgIpc) is 2.82. The highest BCUT2D eigenvalue weighted by atomic mass is 16.5. The maximum Gasteiger partial charge on any atom is 0.0721 e. The number of rotatable bonds is 5. The van der Waals surface area contributed by atoms with Gasteiger partial charge in [-0.1, -0.05) is 44.2 Å². The fourth-order valence-electron chi connectivity index (χ4n) is 3.01. The Morgan fingerprint density at radius 2 is 1.84 bits per heavy atom. The summed E-state index contributed by atoms with van der Waals surface area (Å²) in [5, 5.41) is 0. The molecule has 2 heteroatoms. The standard InChI is InChI=1S/C17H27NO/c1-13(2)17-10-16(11-18(17)14(3)4)19-12-15-8-6-5-7-9-15/h5-9,13-14,16-17H,10-12H2,1-4H3. The molecule has 2 rings (SSSR count). The van der Waals surface area contributed by atoms with Gasteiger partial charge in [0, 0.05) is 18.6 Å². The van der Waals surface area contributed by atoms with Crippen molar-refractivity contribution in [2.75, 3.05) is 6.54 Å². The van der Waals surface area contributed by atoms with Crippen molar-refractivity contribution in [3.05, 3.63) is 35.9 Å². The molecule has 2 atom stereocenters. The van der Waals surface area contributed by atoms with Crippen LogP contribution in [0.4, 0.5) is 0 Å². The van der Waals surface area contributed by atoms with Crippen LogP contribution in [-0.2, 0) is 11.3 Å². The third-order valence-corrected chi connectivity index (χ3v) is 4.11. The number of hydrogen-bond acceptors (Lipinski definition) is 2. The minimum atomic E-state index is 0.384. The third kappa shape index (κ3) is 3.80. The monoisotopic (exact) mass is 261 g/mol. The van der Waals surface area contributed by atoms with Gasteiger partial charge in [0.05, 0.1) is 12.7 Å². The molecule has 1 aliphatic heterocycles. The molecule has 2 unspecified atom stereocenters. The van der Waals surface area contributed by atoms with Crippen LogP contribution < -0.4 is 0 Å². The molecule has 0 aliphatic carbocycles. The quantitative estimate of drug-likeness (QED) is 0.801. The van der Waals surface area contributed by atoms with E-state index in [2.05, 4.69) is 56.9 Å². The van der Waals surface area contributed by atoms with E-state index in [4.69, 9.17) is 4.74 Å². The number of nitrogens with zero attached hydrogens (tertiary/aromatic N) is 1. The molecule has 0 aromatic heterocycles. The van der Waals surface area contributed by atoms with Crippen molar-refractivity contribution in [1.82, 2.24) is 4.90 Å². The van der Waals surface area contributed by atoms with Crippen LogP contribution in [-0.4, -0.2) is 29.6 Å². The predicted octanol–water partition coefficient (Wildman–Crippen LogP) is 3.71. The lowest BCUT2D eigenvalue weighted by atomic mass is 10.0. The van der Waals surface area contributed by atoms with Crippen molar-refractivity contribution in [3.8, 4) is 0 Å². The SMILES string of the molecule is CC(C)C1CC(OCc2ccccc2)CN1C(C)C. The number of ether oxygens (including phenoxy) is 1. The molecule has 1 saturated heterocycles. The fraction of sp³-hybridized carbons (Fsp3) is 0.647. The van der Waals surface area contributed by atoms with Crippen molar-refractivity contribution < 1.29 is 4.74 Å². The van der Waals surface area contributed by atoms with E-state index in [-0.39, 0.29) is 0 Å². The summed E-state index contributed by atoms with van der Waals surface area (Å²) in [5.41, 5.74) is 1.27. The maximum absolute atomic E-state index is 6.11. The van der Waals surface area contributed by atoms with E-state index in [0.717, 1.165) is 13.2 Å². The molecular weight excluding hydrogens is 234 g/mol. The highest BCUT2D eigenvalue weighted by Crippen LogP contribution is 2.28. The zero-order valence-corrected chi connectivity index (χ0v) is 12.7. The molecule has 0 spiro atoms. The molecule has 19 heavy (non-hydrogen) atoms. The lowest BCUT2D eigenvalue weighted by molar-refractivity contribution is 0.0444. The first-order chi connectivity index (χ1) is 9.08. The number of benzene rings is 1. The third-order valence-electron chi connectivity index (χ3n) is 4.11. The first kappa shape index (κ1) is 14.5. The van der Waals surface area contributed by atoms with Gasteiger partial charge in [-0.25, -0.2) is 0 Å². The Hall–Kier alpha value is -0.860. The lowest BCUT2D eigenvalue weighted by Gasteiger charge is -2.30. The van der Waals surface area contributed by atoms with Crippen LogP contribution in [0.1, 0.15) is 39.7 Å². The molecule has 1 fully saturated rings. The van der Waals surface area contributed by atoms with Crippen LogP contribution in [0.15, 0.2) is 30.3 Å². The molecule has 0 radical (unpaired) electrons. The number of hydrogen-bond donors (Lipinski definition) is 0. The van der Waals surface area contributed by atoms with E-state index in [9.17, 15) is 0 Å². The number of likely N-dealkylation sites (tertiary alicyclic amines) is 1. The Kier molecular flexibility index (Phi) is 5.00. The summed E-state index contributed by atoms with van der Waals surface area (Å²) in [7, 11) is 0. The average molecular weight is 261 g/mol. The molecule has 2 nitrogen and oxygen atoms in total. The minimum absolute atomic E-state index is 0.384. The van der Waals surface area contributed by atoms with E-state index < -0.39 is 0 Å². The molecule has 1 aromatic rings. The molecule has 1 heterocycles. The van der Waals surface area contributed by atoms with Crippen molar-refractivity contribution in [2.45, 2.75) is 58.9 Å². The molecule has 1 aromatic carbocycles. The van der Waals surface area contributed by atoms with Crippen LogP contribution in [0, 0.1) is 5.92 Å². The van der Waals surface area contributed by atoms with Crippen molar-refractivity contribution in [3.63, 3.8) is 0 Å². The first-order valence-electron chi connectivity index (χ1n) is 7.49. The van der Waals surface area contributed by atoms with E-state index in [1.807, 2.05) is 6.07 Å². The van der Waals surface area contributed by atoms with Crippen molar-refractivity contribution in [2.24, 2.45) is 5.92 Å². The second-order valence-electron chi connectivity index (χ2n) is 6.26. The second-order valence-corrected chi connectivity index (χ2v) is 6.26. The Balaban J connectivity index is 1.89. The van der Waals surface area contributed by atoms with Crippen LogP contribution in [0.3, 0.4) is 0 Å². The lowest BCUT2D eigenvalue weighted by Crippen LogP contribution is -2.38. The van der Waals surface area contributed by atoms with Gasteiger partial charge < -0.3 is 4.74 Å². The minimum Gasteiger partial charge on any atom is -0.372 e. The van der Waals surface area contributed by atoms with Crippen molar-refractivity contribution >= 4 is 0 Å². The summed E-state index contributed by atoms with van der Waals surface area (Å²) >= 11 is 0. The van der Waals surface area contributed by atoms with Gasteiger partial charge in [0.15, 0.2) is 0 Å². The van der Waals surface area contributed by atoms with Crippen LogP contribution in [0.2, 0.25) is 0 Å². The highest BCUT2D eigenvalue weighted by Gasteiger charge is 2.35. The molecule has 0 amide bonds.